The second-order valence-corrected chi connectivity index (χ2v) is 5.71. The Bertz CT molecular complexity index is 454. The molecule has 18 heavy (non-hydrogen) atoms. The number of rotatable bonds is 3. The summed E-state index contributed by atoms with van der Waals surface area (Å²) >= 11 is 5.78. The minimum absolute atomic E-state index is 0.236. The number of nitrogens with zero attached hydrogens (tertiary/aromatic N) is 1. The molecule has 0 heterocycles. The Hall–Kier alpha value is -1.53. The fraction of sp³-hybridized carbons (Fsp3) is 0.429. The van der Waals surface area contributed by atoms with Gasteiger partial charge >= 0.3 is 0 Å². The highest BCUT2D eigenvalue weighted by Crippen LogP contribution is 2.25. The van der Waals surface area contributed by atoms with Gasteiger partial charge in [0.2, 0.25) is 5.91 Å². The molecule has 1 aromatic rings. The normalized spacial score (nSPS) is 12.6. The first-order valence-corrected chi connectivity index (χ1v) is 6.14. The molecule has 0 fully saturated rings. The zero-order valence-electron chi connectivity index (χ0n) is 10.8. The van der Waals surface area contributed by atoms with E-state index in [0.717, 1.165) is 5.56 Å². The van der Waals surface area contributed by atoms with E-state index in [1.807, 2.05) is 32.9 Å². The van der Waals surface area contributed by atoms with Crippen LogP contribution in [-0.2, 0) is 11.3 Å². The third kappa shape index (κ3) is 4.05. The van der Waals surface area contributed by atoms with Crippen LogP contribution in [0.25, 0.3) is 0 Å². The molecule has 0 bridgehead atoms. The van der Waals surface area contributed by atoms with E-state index in [9.17, 15) is 4.79 Å². The molecule has 0 spiro atoms. The lowest BCUT2D eigenvalue weighted by Gasteiger charge is -2.23. The minimum atomic E-state index is -0.648. The van der Waals surface area contributed by atoms with E-state index in [2.05, 4.69) is 11.4 Å². The van der Waals surface area contributed by atoms with Crippen LogP contribution >= 0.6 is 11.6 Å². The molecule has 0 aromatic heterocycles. The van der Waals surface area contributed by atoms with Gasteiger partial charge in [-0.1, -0.05) is 44.5 Å². The quantitative estimate of drug-likeness (QED) is 0.912. The minimum Gasteiger partial charge on any atom is -0.351 e. The molecular formula is C14H17ClN2O. The van der Waals surface area contributed by atoms with Crippen molar-refractivity contribution in [2.75, 3.05) is 0 Å². The van der Waals surface area contributed by atoms with Gasteiger partial charge in [-0.25, -0.2) is 0 Å². The Morgan fingerprint density at radius 1 is 1.39 bits per heavy atom. The molecule has 1 N–H and O–H groups in total. The summed E-state index contributed by atoms with van der Waals surface area (Å²) in [4.78, 5) is 11.9. The van der Waals surface area contributed by atoms with E-state index >= 15 is 0 Å². The summed E-state index contributed by atoms with van der Waals surface area (Å²) in [5, 5.41) is 12.5. The summed E-state index contributed by atoms with van der Waals surface area (Å²) in [6.07, 6.45) is 0. The fourth-order valence-corrected chi connectivity index (χ4v) is 1.67. The largest absolute Gasteiger partial charge is 0.351 e. The molecule has 1 rings (SSSR count). The van der Waals surface area contributed by atoms with E-state index in [-0.39, 0.29) is 11.3 Å². The van der Waals surface area contributed by atoms with Crippen molar-refractivity contribution >= 4 is 17.5 Å². The highest BCUT2D eigenvalue weighted by molar-refractivity contribution is 6.30. The Balaban J connectivity index is 2.61. The molecule has 4 heteroatoms. The maximum absolute atomic E-state index is 11.9. The number of nitrogens with one attached hydrogen (secondary N) is 1. The predicted molar refractivity (Wildman–Crippen MR) is 71.9 cm³/mol. The van der Waals surface area contributed by atoms with Crippen molar-refractivity contribution in [2.45, 2.75) is 27.3 Å². The summed E-state index contributed by atoms with van der Waals surface area (Å²) in [6.45, 7) is 6.04. The third-order valence-electron chi connectivity index (χ3n) is 2.64. The number of nitriles is 1. The van der Waals surface area contributed by atoms with Crippen molar-refractivity contribution in [3.63, 3.8) is 0 Å². The number of hydrogen-bond donors (Lipinski definition) is 1. The first-order valence-electron chi connectivity index (χ1n) is 5.76. The van der Waals surface area contributed by atoms with Crippen molar-refractivity contribution < 1.29 is 4.79 Å². The van der Waals surface area contributed by atoms with Gasteiger partial charge in [0.25, 0.3) is 0 Å². The monoisotopic (exact) mass is 264 g/mol. The van der Waals surface area contributed by atoms with Crippen LogP contribution in [0.5, 0.6) is 0 Å². The van der Waals surface area contributed by atoms with E-state index in [0.29, 0.717) is 11.6 Å². The van der Waals surface area contributed by atoms with E-state index in [4.69, 9.17) is 16.9 Å². The van der Waals surface area contributed by atoms with E-state index < -0.39 is 5.92 Å². The topological polar surface area (TPSA) is 52.9 Å². The van der Waals surface area contributed by atoms with Crippen LogP contribution in [-0.4, -0.2) is 5.91 Å². The molecule has 0 aliphatic carbocycles. The molecule has 0 aliphatic heterocycles. The molecule has 0 aliphatic rings. The number of benzene rings is 1. The average molecular weight is 265 g/mol. The van der Waals surface area contributed by atoms with Crippen molar-refractivity contribution in [3.05, 3.63) is 34.9 Å². The summed E-state index contributed by atoms with van der Waals surface area (Å²) in [6, 6.07) is 9.30. The molecule has 96 valence electrons. The summed E-state index contributed by atoms with van der Waals surface area (Å²) < 4.78 is 0. The maximum Gasteiger partial charge on any atom is 0.238 e. The Kier molecular flexibility index (Phi) is 4.75. The summed E-state index contributed by atoms with van der Waals surface area (Å²) in [7, 11) is 0. The van der Waals surface area contributed by atoms with Gasteiger partial charge in [-0.2, -0.15) is 5.26 Å². The van der Waals surface area contributed by atoms with Crippen molar-refractivity contribution in [3.8, 4) is 6.07 Å². The SMILES string of the molecule is CC(C)(C)C(C#N)C(=O)NCc1ccc(Cl)cc1. The molecule has 1 amide bonds. The zero-order chi connectivity index (χ0) is 13.8. The lowest BCUT2D eigenvalue weighted by atomic mass is 9.81. The first-order chi connectivity index (χ1) is 8.34. The van der Waals surface area contributed by atoms with Crippen molar-refractivity contribution in [1.82, 2.24) is 5.32 Å². The number of carbonyl (C=O) groups excluding carboxylic acids is 1. The van der Waals surface area contributed by atoms with Crippen LogP contribution in [0.4, 0.5) is 0 Å². The number of hydrogen-bond acceptors (Lipinski definition) is 2. The average Bonchev–Trinajstić information content (AvgIpc) is 2.27. The Morgan fingerprint density at radius 3 is 2.39 bits per heavy atom. The van der Waals surface area contributed by atoms with Gasteiger partial charge in [-0.3, -0.25) is 4.79 Å². The van der Waals surface area contributed by atoms with Crippen LogP contribution in [0, 0.1) is 22.7 Å². The number of amides is 1. The van der Waals surface area contributed by atoms with Gasteiger partial charge in [0.05, 0.1) is 6.07 Å². The number of halogens is 1. The molecule has 1 unspecified atom stereocenters. The third-order valence-corrected chi connectivity index (χ3v) is 2.89. The Labute approximate surface area is 113 Å². The van der Waals surface area contributed by atoms with E-state index in [1.54, 1.807) is 12.1 Å². The fourth-order valence-electron chi connectivity index (χ4n) is 1.54. The van der Waals surface area contributed by atoms with Crippen molar-refractivity contribution in [1.29, 1.82) is 5.26 Å². The van der Waals surface area contributed by atoms with Gasteiger partial charge in [-0.15, -0.1) is 0 Å². The number of carbonyl (C=O) groups is 1. The van der Waals surface area contributed by atoms with Gasteiger partial charge in [0, 0.05) is 11.6 Å². The van der Waals surface area contributed by atoms with Crippen LogP contribution in [0.15, 0.2) is 24.3 Å². The highest BCUT2D eigenvalue weighted by atomic mass is 35.5. The smallest absolute Gasteiger partial charge is 0.238 e. The predicted octanol–water partition coefficient (Wildman–Crippen LogP) is 3.14. The molecule has 3 nitrogen and oxygen atoms in total. The molecule has 0 saturated heterocycles. The second kappa shape index (κ2) is 5.88. The van der Waals surface area contributed by atoms with Gasteiger partial charge in [0.1, 0.15) is 5.92 Å². The molecule has 1 aromatic carbocycles. The highest BCUT2D eigenvalue weighted by Gasteiger charge is 2.30. The lowest BCUT2D eigenvalue weighted by Crippen LogP contribution is -2.36. The summed E-state index contributed by atoms with van der Waals surface area (Å²) in [5.41, 5.74) is 0.595. The maximum atomic E-state index is 11.9. The van der Waals surface area contributed by atoms with Gasteiger partial charge in [-0.05, 0) is 23.1 Å². The van der Waals surface area contributed by atoms with Crippen LogP contribution in [0.2, 0.25) is 5.02 Å². The van der Waals surface area contributed by atoms with Gasteiger partial charge < -0.3 is 5.32 Å². The van der Waals surface area contributed by atoms with Crippen molar-refractivity contribution in [2.24, 2.45) is 11.3 Å². The lowest BCUT2D eigenvalue weighted by molar-refractivity contribution is -0.126. The first kappa shape index (κ1) is 14.5. The van der Waals surface area contributed by atoms with Crippen LogP contribution in [0.1, 0.15) is 26.3 Å². The standard InChI is InChI=1S/C14H17ClN2O/c1-14(2,3)12(8-16)13(18)17-9-10-4-6-11(15)7-5-10/h4-7,12H,9H2,1-3H3,(H,17,18). The molecular weight excluding hydrogens is 248 g/mol. The van der Waals surface area contributed by atoms with Crippen LogP contribution in [0.3, 0.4) is 0 Å². The van der Waals surface area contributed by atoms with Gasteiger partial charge in [0.15, 0.2) is 0 Å². The second-order valence-electron chi connectivity index (χ2n) is 5.27. The molecule has 0 saturated carbocycles. The van der Waals surface area contributed by atoms with Crippen LogP contribution < -0.4 is 5.32 Å². The molecule has 0 radical (unpaired) electrons. The zero-order valence-corrected chi connectivity index (χ0v) is 11.6. The Morgan fingerprint density at radius 2 is 1.94 bits per heavy atom. The van der Waals surface area contributed by atoms with E-state index in [1.165, 1.54) is 0 Å². The molecule has 1 atom stereocenters. The summed E-state index contributed by atoms with van der Waals surface area (Å²) in [5.74, 6) is -0.884.